The highest BCUT2D eigenvalue weighted by Gasteiger charge is 2.41. The molecule has 0 saturated carbocycles. The first kappa shape index (κ1) is 18.8. The molecule has 0 saturated heterocycles. The fourth-order valence-electron chi connectivity index (χ4n) is 3.09. The van der Waals surface area contributed by atoms with Crippen molar-refractivity contribution in [2.45, 2.75) is 33.3 Å². The highest BCUT2D eigenvalue weighted by molar-refractivity contribution is 6.08. The van der Waals surface area contributed by atoms with Crippen molar-refractivity contribution in [2.75, 3.05) is 23.9 Å². The number of amides is 2. The van der Waals surface area contributed by atoms with Crippen LogP contribution in [-0.2, 0) is 9.59 Å². The maximum Gasteiger partial charge on any atom is 0.271 e. The number of benzene rings is 2. The van der Waals surface area contributed by atoms with Gasteiger partial charge in [-0.05, 0) is 63.1 Å². The number of hydrogen-bond acceptors (Lipinski definition) is 4. The SMILES string of the molecule is COc1ccc(C)cc1NC(=O)CN1C(=O)C(C)(C)Oc2ccc(C)cc21. The summed E-state index contributed by atoms with van der Waals surface area (Å²) in [6.07, 6.45) is 0. The monoisotopic (exact) mass is 368 g/mol. The number of nitrogens with one attached hydrogen (secondary N) is 1. The van der Waals surface area contributed by atoms with Crippen molar-refractivity contribution in [2.24, 2.45) is 0 Å². The van der Waals surface area contributed by atoms with E-state index < -0.39 is 5.60 Å². The van der Waals surface area contributed by atoms with Crippen LogP contribution in [0, 0.1) is 13.8 Å². The van der Waals surface area contributed by atoms with Crippen molar-refractivity contribution in [3.63, 3.8) is 0 Å². The van der Waals surface area contributed by atoms with E-state index in [1.54, 1.807) is 27.0 Å². The molecule has 0 unspecified atom stereocenters. The lowest BCUT2D eigenvalue weighted by molar-refractivity contribution is -0.133. The number of carbonyl (C=O) groups excluding carboxylic acids is 2. The molecule has 0 radical (unpaired) electrons. The fraction of sp³-hybridized carbons (Fsp3) is 0.333. The van der Waals surface area contributed by atoms with Crippen LogP contribution in [0.1, 0.15) is 25.0 Å². The van der Waals surface area contributed by atoms with Crippen molar-refractivity contribution >= 4 is 23.2 Å². The van der Waals surface area contributed by atoms with E-state index in [0.717, 1.165) is 11.1 Å². The van der Waals surface area contributed by atoms with E-state index in [4.69, 9.17) is 9.47 Å². The lowest BCUT2D eigenvalue weighted by Gasteiger charge is -2.38. The summed E-state index contributed by atoms with van der Waals surface area (Å²) in [6, 6.07) is 11.1. The largest absolute Gasteiger partial charge is 0.495 e. The first-order chi connectivity index (χ1) is 12.7. The van der Waals surface area contributed by atoms with Crippen LogP contribution < -0.4 is 19.7 Å². The summed E-state index contributed by atoms with van der Waals surface area (Å²) in [5.41, 5.74) is 2.12. The van der Waals surface area contributed by atoms with E-state index in [2.05, 4.69) is 5.32 Å². The molecular weight excluding hydrogens is 344 g/mol. The molecule has 2 aromatic rings. The van der Waals surface area contributed by atoms with Gasteiger partial charge in [-0.2, -0.15) is 0 Å². The zero-order valence-corrected chi connectivity index (χ0v) is 16.3. The molecule has 1 N–H and O–H groups in total. The summed E-state index contributed by atoms with van der Waals surface area (Å²) < 4.78 is 11.1. The summed E-state index contributed by atoms with van der Waals surface area (Å²) in [5, 5.41) is 2.84. The minimum absolute atomic E-state index is 0.112. The second kappa shape index (κ2) is 6.95. The summed E-state index contributed by atoms with van der Waals surface area (Å²) in [5.74, 6) is 0.592. The molecule has 142 valence electrons. The summed E-state index contributed by atoms with van der Waals surface area (Å²) >= 11 is 0. The zero-order chi connectivity index (χ0) is 19.8. The Hall–Kier alpha value is -3.02. The van der Waals surface area contributed by atoms with Crippen LogP contribution in [0.3, 0.4) is 0 Å². The number of rotatable bonds is 4. The van der Waals surface area contributed by atoms with Crippen LogP contribution >= 0.6 is 0 Å². The summed E-state index contributed by atoms with van der Waals surface area (Å²) in [7, 11) is 1.55. The van der Waals surface area contributed by atoms with Gasteiger partial charge in [0, 0.05) is 0 Å². The molecule has 0 atom stereocenters. The second-order valence-electron chi connectivity index (χ2n) is 7.23. The van der Waals surface area contributed by atoms with Crippen molar-refractivity contribution in [1.82, 2.24) is 0 Å². The molecule has 1 aliphatic rings. The first-order valence-corrected chi connectivity index (χ1v) is 8.77. The molecule has 0 bridgehead atoms. The average Bonchev–Trinajstić information content (AvgIpc) is 2.60. The lowest BCUT2D eigenvalue weighted by atomic mass is 10.0. The standard InChI is InChI=1S/C21H24N2O4/c1-13-6-8-17(26-5)15(10-13)22-19(24)12-23-16-11-14(2)7-9-18(16)27-21(3,4)20(23)25/h6-11H,12H2,1-5H3,(H,22,24). The molecule has 0 aromatic heterocycles. The van der Waals surface area contributed by atoms with Crippen LogP contribution in [0.5, 0.6) is 11.5 Å². The van der Waals surface area contributed by atoms with Crippen LogP contribution in [0.2, 0.25) is 0 Å². The lowest BCUT2D eigenvalue weighted by Crippen LogP contribution is -2.54. The van der Waals surface area contributed by atoms with E-state index in [1.165, 1.54) is 4.90 Å². The minimum Gasteiger partial charge on any atom is -0.495 e. The molecule has 3 rings (SSSR count). The molecule has 6 nitrogen and oxygen atoms in total. The van der Waals surface area contributed by atoms with Gasteiger partial charge in [0.15, 0.2) is 5.60 Å². The third kappa shape index (κ3) is 3.74. The van der Waals surface area contributed by atoms with Crippen LogP contribution in [0.25, 0.3) is 0 Å². The maximum atomic E-state index is 12.9. The number of fused-ring (bicyclic) bond motifs is 1. The molecule has 1 heterocycles. The third-order valence-corrected chi connectivity index (χ3v) is 4.46. The van der Waals surface area contributed by atoms with Gasteiger partial charge in [0.25, 0.3) is 5.91 Å². The Balaban J connectivity index is 1.88. The Bertz CT molecular complexity index is 905. The highest BCUT2D eigenvalue weighted by atomic mass is 16.5. The Morgan fingerprint density at radius 1 is 1.15 bits per heavy atom. The summed E-state index contributed by atoms with van der Waals surface area (Å²) in [4.78, 5) is 27.1. The molecule has 2 amide bonds. The molecule has 6 heteroatoms. The van der Waals surface area contributed by atoms with Crippen LogP contribution in [0.4, 0.5) is 11.4 Å². The number of methoxy groups -OCH3 is 1. The maximum absolute atomic E-state index is 12.9. The molecule has 0 spiro atoms. The average molecular weight is 368 g/mol. The number of nitrogens with zero attached hydrogens (tertiary/aromatic N) is 1. The molecule has 27 heavy (non-hydrogen) atoms. The summed E-state index contributed by atoms with van der Waals surface area (Å²) in [6.45, 7) is 7.15. The van der Waals surface area contributed by atoms with E-state index in [0.29, 0.717) is 22.9 Å². The van der Waals surface area contributed by atoms with Gasteiger partial charge in [0.1, 0.15) is 18.0 Å². The second-order valence-corrected chi connectivity index (χ2v) is 7.23. The van der Waals surface area contributed by atoms with Gasteiger partial charge in [0.2, 0.25) is 5.91 Å². The van der Waals surface area contributed by atoms with Gasteiger partial charge in [0.05, 0.1) is 18.5 Å². The van der Waals surface area contributed by atoms with Gasteiger partial charge in [-0.25, -0.2) is 0 Å². The quantitative estimate of drug-likeness (QED) is 0.897. The van der Waals surface area contributed by atoms with Gasteiger partial charge < -0.3 is 14.8 Å². The van der Waals surface area contributed by atoms with Gasteiger partial charge in [-0.3, -0.25) is 14.5 Å². The molecular formula is C21H24N2O4. The van der Waals surface area contributed by atoms with Gasteiger partial charge in [-0.15, -0.1) is 0 Å². The highest BCUT2D eigenvalue weighted by Crippen LogP contribution is 2.38. The van der Waals surface area contributed by atoms with Crippen molar-refractivity contribution in [1.29, 1.82) is 0 Å². The smallest absolute Gasteiger partial charge is 0.271 e. The zero-order valence-electron chi connectivity index (χ0n) is 16.3. The van der Waals surface area contributed by atoms with E-state index in [9.17, 15) is 9.59 Å². The number of aryl methyl sites for hydroxylation is 2. The number of ether oxygens (including phenoxy) is 2. The van der Waals surface area contributed by atoms with E-state index in [1.807, 2.05) is 44.2 Å². The predicted octanol–water partition coefficient (Wildman–Crippen LogP) is 3.45. The molecule has 2 aromatic carbocycles. The minimum atomic E-state index is -1.04. The Labute approximate surface area is 159 Å². The van der Waals surface area contributed by atoms with Gasteiger partial charge >= 0.3 is 0 Å². The van der Waals surface area contributed by atoms with Gasteiger partial charge in [-0.1, -0.05) is 12.1 Å². The molecule has 0 aliphatic carbocycles. The topological polar surface area (TPSA) is 67.9 Å². The normalized spacial score (nSPS) is 15.0. The van der Waals surface area contributed by atoms with Crippen LogP contribution in [-0.4, -0.2) is 31.1 Å². The van der Waals surface area contributed by atoms with E-state index >= 15 is 0 Å². The molecule has 0 fully saturated rings. The van der Waals surface area contributed by atoms with Crippen molar-refractivity contribution in [3.05, 3.63) is 47.5 Å². The Morgan fingerprint density at radius 2 is 1.81 bits per heavy atom. The first-order valence-electron chi connectivity index (χ1n) is 8.77. The van der Waals surface area contributed by atoms with Crippen molar-refractivity contribution < 1.29 is 19.1 Å². The Kier molecular flexibility index (Phi) is 4.83. The van der Waals surface area contributed by atoms with Crippen molar-refractivity contribution in [3.8, 4) is 11.5 Å². The predicted molar refractivity (Wildman–Crippen MR) is 105 cm³/mol. The number of carbonyl (C=O) groups is 2. The van der Waals surface area contributed by atoms with Crippen LogP contribution in [0.15, 0.2) is 36.4 Å². The van der Waals surface area contributed by atoms with E-state index in [-0.39, 0.29) is 18.4 Å². The molecule has 1 aliphatic heterocycles. The Morgan fingerprint density at radius 3 is 2.52 bits per heavy atom. The third-order valence-electron chi connectivity index (χ3n) is 4.46. The number of hydrogen-bond donors (Lipinski definition) is 1. The number of anilines is 2. The fourth-order valence-corrected chi connectivity index (χ4v) is 3.09.